The maximum Gasteiger partial charge on any atom is 0.0716 e. The number of aliphatic hydroxyl groups excluding tert-OH is 1. The fraction of sp³-hybridized carbons (Fsp3) is 0.250. The summed E-state index contributed by atoms with van der Waals surface area (Å²) in [6.45, 7) is 4.91. The highest BCUT2D eigenvalue weighted by Crippen LogP contribution is 2.32. The lowest BCUT2D eigenvalue weighted by Gasteiger charge is -2.26. The molecule has 0 saturated heterocycles. The van der Waals surface area contributed by atoms with Crippen LogP contribution < -0.4 is 4.90 Å². The smallest absolute Gasteiger partial charge is 0.0716 e. The Hall–Kier alpha value is -1.51. The van der Waals surface area contributed by atoms with Crippen LogP contribution in [-0.2, 0) is 6.61 Å². The summed E-state index contributed by atoms with van der Waals surface area (Å²) in [5.41, 5.74) is 4.06. The Morgan fingerprint density at radius 3 is 2.37 bits per heavy atom. The topological polar surface area (TPSA) is 23.5 Å². The van der Waals surface area contributed by atoms with Crippen molar-refractivity contribution in [2.45, 2.75) is 20.5 Å². The zero-order chi connectivity index (χ0) is 13.8. The number of aryl methyl sites for hydroxylation is 1. The predicted molar refractivity (Wildman–Crippen MR) is 81.2 cm³/mol. The van der Waals surface area contributed by atoms with Crippen molar-refractivity contribution in [3.63, 3.8) is 0 Å². The van der Waals surface area contributed by atoms with Crippen LogP contribution >= 0.6 is 11.6 Å². The molecule has 0 aromatic heterocycles. The lowest BCUT2D eigenvalue weighted by molar-refractivity contribution is 0.282. The zero-order valence-electron chi connectivity index (χ0n) is 11.2. The Labute approximate surface area is 119 Å². The van der Waals surface area contributed by atoms with E-state index in [1.54, 1.807) is 6.07 Å². The highest BCUT2D eigenvalue weighted by molar-refractivity contribution is 6.31. The van der Waals surface area contributed by atoms with E-state index in [0.717, 1.165) is 23.5 Å². The van der Waals surface area contributed by atoms with Crippen molar-refractivity contribution >= 4 is 23.0 Å². The van der Waals surface area contributed by atoms with Gasteiger partial charge in [-0.25, -0.2) is 0 Å². The lowest BCUT2D eigenvalue weighted by Crippen LogP contribution is -2.17. The average Bonchev–Trinajstić information content (AvgIpc) is 2.42. The van der Waals surface area contributed by atoms with Gasteiger partial charge in [-0.05, 0) is 38.1 Å². The van der Waals surface area contributed by atoms with E-state index in [-0.39, 0.29) is 6.61 Å². The van der Waals surface area contributed by atoms with Crippen LogP contribution in [-0.4, -0.2) is 11.7 Å². The van der Waals surface area contributed by atoms with Crippen LogP contribution in [0.3, 0.4) is 0 Å². The molecule has 1 N–H and O–H groups in total. The van der Waals surface area contributed by atoms with Crippen LogP contribution in [0.25, 0.3) is 0 Å². The molecule has 0 bridgehead atoms. The van der Waals surface area contributed by atoms with Crippen molar-refractivity contribution in [1.29, 1.82) is 0 Å². The first-order chi connectivity index (χ1) is 9.17. The standard InChI is InChI=1S/C16H18ClNO/c1-3-18(13-9-7-12(2)8-10-13)16-6-4-5-15(17)14(16)11-19/h4-10,19H,3,11H2,1-2H3. The number of halogens is 1. The molecule has 0 fully saturated rings. The SMILES string of the molecule is CCN(c1ccc(C)cc1)c1cccc(Cl)c1CO. The van der Waals surface area contributed by atoms with Gasteiger partial charge in [0.2, 0.25) is 0 Å². The van der Waals surface area contributed by atoms with Crippen LogP contribution in [0.5, 0.6) is 0 Å². The zero-order valence-corrected chi connectivity index (χ0v) is 12.0. The Morgan fingerprint density at radius 1 is 1.11 bits per heavy atom. The monoisotopic (exact) mass is 275 g/mol. The first kappa shape index (κ1) is 13.9. The van der Waals surface area contributed by atoms with Gasteiger partial charge in [-0.1, -0.05) is 35.4 Å². The van der Waals surface area contributed by atoms with Crippen LogP contribution in [0.4, 0.5) is 11.4 Å². The molecule has 2 rings (SSSR count). The van der Waals surface area contributed by atoms with E-state index in [2.05, 4.69) is 43.0 Å². The van der Waals surface area contributed by atoms with Crippen molar-refractivity contribution in [3.8, 4) is 0 Å². The minimum atomic E-state index is -0.0582. The third-order valence-electron chi connectivity index (χ3n) is 3.20. The molecule has 0 heterocycles. The van der Waals surface area contributed by atoms with E-state index in [0.29, 0.717) is 5.02 Å². The largest absolute Gasteiger partial charge is 0.392 e. The van der Waals surface area contributed by atoms with Gasteiger partial charge in [-0.2, -0.15) is 0 Å². The Morgan fingerprint density at radius 2 is 1.79 bits per heavy atom. The second kappa shape index (κ2) is 6.09. The number of hydrogen-bond acceptors (Lipinski definition) is 2. The van der Waals surface area contributed by atoms with Gasteiger partial charge in [0.05, 0.1) is 6.61 Å². The molecule has 100 valence electrons. The average molecular weight is 276 g/mol. The van der Waals surface area contributed by atoms with Crippen LogP contribution in [0.2, 0.25) is 5.02 Å². The Kier molecular flexibility index (Phi) is 4.46. The third-order valence-corrected chi connectivity index (χ3v) is 3.56. The summed E-state index contributed by atoms with van der Waals surface area (Å²) in [7, 11) is 0. The molecule has 0 saturated carbocycles. The Bertz CT molecular complexity index is 551. The summed E-state index contributed by atoms with van der Waals surface area (Å²) < 4.78 is 0. The molecular formula is C16H18ClNO. The second-order valence-corrected chi connectivity index (χ2v) is 4.88. The van der Waals surface area contributed by atoms with E-state index in [9.17, 15) is 5.11 Å². The molecular weight excluding hydrogens is 258 g/mol. The molecule has 0 aliphatic carbocycles. The highest BCUT2D eigenvalue weighted by atomic mass is 35.5. The maximum absolute atomic E-state index is 9.52. The molecule has 2 aromatic rings. The summed E-state index contributed by atoms with van der Waals surface area (Å²) in [5, 5.41) is 10.1. The summed E-state index contributed by atoms with van der Waals surface area (Å²) in [5.74, 6) is 0. The molecule has 0 aliphatic heterocycles. The number of hydrogen-bond donors (Lipinski definition) is 1. The van der Waals surface area contributed by atoms with Gasteiger partial charge in [0.25, 0.3) is 0 Å². The maximum atomic E-state index is 9.52. The van der Waals surface area contributed by atoms with E-state index < -0.39 is 0 Å². The summed E-state index contributed by atoms with van der Waals surface area (Å²) in [4.78, 5) is 2.15. The molecule has 19 heavy (non-hydrogen) atoms. The molecule has 0 aliphatic rings. The van der Waals surface area contributed by atoms with Gasteiger partial charge in [-0.15, -0.1) is 0 Å². The fourth-order valence-electron chi connectivity index (χ4n) is 2.17. The first-order valence-corrected chi connectivity index (χ1v) is 6.77. The molecule has 0 radical (unpaired) electrons. The molecule has 0 atom stereocenters. The van der Waals surface area contributed by atoms with Crippen molar-refractivity contribution in [3.05, 3.63) is 58.6 Å². The lowest BCUT2D eigenvalue weighted by atomic mass is 10.1. The second-order valence-electron chi connectivity index (χ2n) is 4.48. The Balaban J connectivity index is 2.48. The van der Waals surface area contributed by atoms with Gasteiger partial charge in [-0.3, -0.25) is 0 Å². The van der Waals surface area contributed by atoms with Gasteiger partial charge < -0.3 is 10.0 Å². The van der Waals surface area contributed by atoms with Crippen LogP contribution in [0, 0.1) is 6.92 Å². The molecule has 3 heteroatoms. The molecule has 2 aromatic carbocycles. The highest BCUT2D eigenvalue weighted by Gasteiger charge is 2.13. The first-order valence-electron chi connectivity index (χ1n) is 6.39. The van der Waals surface area contributed by atoms with E-state index >= 15 is 0 Å². The molecule has 0 unspecified atom stereocenters. The number of aliphatic hydroxyl groups is 1. The van der Waals surface area contributed by atoms with E-state index in [4.69, 9.17) is 11.6 Å². The van der Waals surface area contributed by atoms with Crippen molar-refractivity contribution in [1.82, 2.24) is 0 Å². The molecule has 0 spiro atoms. The summed E-state index contributed by atoms with van der Waals surface area (Å²) >= 11 is 6.16. The third kappa shape index (κ3) is 2.91. The van der Waals surface area contributed by atoms with Crippen LogP contribution in [0.1, 0.15) is 18.1 Å². The van der Waals surface area contributed by atoms with E-state index in [1.165, 1.54) is 5.56 Å². The summed E-state index contributed by atoms with van der Waals surface area (Å²) in [6.07, 6.45) is 0. The quantitative estimate of drug-likeness (QED) is 0.899. The minimum absolute atomic E-state index is 0.0582. The van der Waals surface area contributed by atoms with Gasteiger partial charge >= 0.3 is 0 Å². The number of nitrogens with zero attached hydrogens (tertiary/aromatic N) is 1. The van der Waals surface area contributed by atoms with Crippen LogP contribution in [0.15, 0.2) is 42.5 Å². The van der Waals surface area contributed by atoms with Gasteiger partial charge in [0, 0.05) is 28.5 Å². The van der Waals surface area contributed by atoms with Crippen molar-refractivity contribution in [2.24, 2.45) is 0 Å². The fourth-order valence-corrected chi connectivity index (χ4v) is 2.40. The molecule has 0 amide bonds. The van der Waals surface area contributed by atoms with Gasteiger partial charge in [0.1, 0.15) is 0 Å². The number of benzene rings is 2. The van der Waals surface area contributed by atoms with Crippen molar-refractivity contribution < 1.29 is 5.11 Å². The minimum Gasteiger partial charge on any atom is -0.392 e. The predicted octanol–water partition coefficient (Wildman–Crippen LogP) is 4.30. The number of rotatable bonds is 4. The van der Waals surface area contributed by atoms with Crippen molar-refractivity contribution in [2.75, 3.05) is 11.4 Å². The normalized spacial score (nSPS) is 10.5. The van der Waals surface area contributed by atoms with E-state index in [1.807, 2.05) is 12.1 Å². The summed E-state index contributed by atoms with van der Waals surface area (Å²) in [6, 6.07) is 14.0. The molecule has 2 nitrogen and oxygen atoms in total. The van der Waals surface area contributed by atoms with Gasteiger partial charge in [0.15, 0.2) is 0 Å². The number of anilines is 2.